The first kappa shape index (κ1) is 17.6. The Morgan fingerprint density at radius 2 is 2.08 bits per heavy atom. The van der Waals surface area contributed by atoms with Gasteiger partial charge in [-0.15, -0.1) is 0 Å². The summed E-state index contributed by atoms with van der Waals surface area (Å²) in [6, 6.07) is 7.65. The molecule has 0 saturated heterocycles. The number of nitrogens with zero attached hydrogens (tertiary/aromatic N) is 3. The third-order valence-corrected chi connectivity index (χ3v) is 5.58. The van der Waals surface area contributed by atoms with Crippen LogP contribution in [0.2, 0.25) is 10.0 Å². The summed E-state index contributed by atoms with van der Waals surface area (Å²) < 4.78 is 2.12. The van der Waals surface area contributed by atoms with Crippen molar-refractivity contribution in [2.45, 2.75) is 31.5 Å². The number of fused-ring (bicyclic) bond motifs is 1. The Morgan fingerprint density at radius 3 is 2.81 bits per heavy atom. The molecule has 0 bridgehead atoms. The van der Waals surface area contributed by atoms with Gasteiger partial charge >= 0.3 is 0 Å². The van der Waals surface area contributed by atoms with Crippen molar-refractivity contribution in [3.63, 3.8) is 0 Å². The second-order valence-corrected chi connectivity index (χ2v) is 7.57. The van der Waals surface area contributed by atoms with Gasteiger partial charge in [0.15, 0.2) is 0 Å². The molecule has 1 aliphatic rings. The zero-order valence-electron chi connectivity index (χ0n) is 14.1. The summed E-state index contributed by atoms with van der Waals surface area (Å²) in [6.07, 6.45) is 4.75. The van der Waals surface area contributed by atoms with Crippen molar-refractivity contribution in [1.29, 1.82) is 0 Å². The Labute approximate surface area is 162 Å². The summed E-state index contributed by atoms with van der Waals surface area (Å²) in [6.45, 7) is 4.56. The second kappa shape index (κ2) is 7.06. The maximum absolute atomic E-state index is 10.0. The molecule has 26 heavy (non-hydrogen) atoms. The van der Waals surface area contributed by atoms with E-state index in [0.717, 1.165) is 28.8 Å². The van der Waals surface area contributed by atoms with Gasteiger partial charge in [-0.1, -0.05) is 29.3 Å². The van der Waals surface area contributed by atoms with Crippen molar-refractivity contribution >= 4 is 40.1 Å². The van der Waals surface area contributed by atoms with Crippen molar-refractivity contribution in [3.05, 3.63) is 59.3 Å². The molecule has 0 aliphatic heterocycles. The van der Waals surface area contributed by atoms with E-state index >= 15 is 0 Å². The second-order valence-electron chi connectivity index (χ2n) is 6.72. The van der Waals surface area contributed by atoms with Gasteiger partial charge < -0.3 is 15.0 Å². The minimum absolute atomic E-state index is 0.0592. The molecular weight excluding hydrogens is 371 g/mol. The average molecular weight is 390 g/mol. The molecule has 2 heterocycles. The van der Waals surface area contributed by atoms with E-state index in [1.807, 2.05) is 24.4 Å². The van der Waals surface area contributed by atoms with Crippen molar-refractivity contribution in [2.75, 3.05) is 5.32 Å². The minimum atomic E-state index is -0.357. The summed E-state index contributed by atoms with van der Waals surface area (Å²) in [4.78, 5) is 8.82. The molecule has 3 aromatic rings. The van der Waals surface area contributed by atoms with Crippen LogP contribution in [-0.4, -0.2) is 25.7 Å². The fourth-order valence-corrected chi connectivity index (χ4v) is 4.03. The number of halogens is 2. The van der Waals surface area contributed by atoms with E-state index in [0.29, 0.717) is 23.0 Å². The number of anilines is 1. The lowest BCUT2D eigenvalue weighted by molar-refractivity contribution is 0.149. The van der Waals surface area contributed by atoms with Crippen LogP contribution in [0, 0.1) is 12.8 Å². The summed E-state index contributed by atoms with van der Waals surface area (Å²) >= 11 is 12.2. The zero-order valence-corrected chi connectivity index (χ0v) is 15.6. The largest absolute Gasteiger partial charge is 0.393 e. The Morgan fingerprint density at radius 1 is 1.23 bits per heavy atom. The standard InChI is InChI=1S/C19H19Cl2N4O/c1-11-6-14(8-17(11)26)25-5-4-15-18(23-10-24-19(15)25)22-9-12-2-3-13(20)7-16(12)21/h2-5,7,10-11,14,17,26H,1,6,8-9H2,(H,22,23,24)/t11-,14+,17-/m0/s1. The van der Waals surface area contributed by atoms with Gasteiger partial charge in [-0.25, -0.2) is 9.97 Å². The van der Waals surface area contributed by atoms with Crippen LogP contribution in [0.1, 0.15) is 24.4 Å². The summed E-state index contributed by atoms with van der Waals surface area (Å²) in [5.41, 5.74) is 1.80. The molecular formula is C19H19Cl2N4O. The topological polar surface area (TPSA) is 63.0 Å². The van der Waals surface area contributed by atoms with E-state index < -0.39 is 0 Å². The van der Waals surface area contributed by atoms with Crippen LogP contribution in [0.4, 0.5) is 5.82 Å². The van der Waals surface area contributed by atoms with Gasteiger partial charge in [0.25, 0.3) is 0 Å². The number of aromatic nitrogens is 3. The molecule has 7 heteroatoms. The number of aliphatic hydroxyl groups excluding tert-OH is 1. The fraction of sp³-hybridized carbons (Fsp3) is 0.316. The highest BCUT2D eigenvalue weighted by atomic mass is 35.5. The lowest BCUT2D eigenvalue weighted by Crippen LogP contribution is -2.09. The van der Waals surface area contributed by atoms with Gasteiger partial charge in [0, 0.05) is 28.8 Å². The minimum Gasteiger partial charge on any atom is -0.393 e. The van der Waals surface area contributed by atoms with E-state index in [-0.39, 0.29) is 18.1 Å². The molecule has 1 radical (unpaired) electrons. The van der Waals surface area contributed by atoms with Crippen LogP contribution < -0.4 is 5.32 Å². The summed E-state index contributed by atoms with van der Waals surface area (Å²) in [7, 11) is 0. The predicted octanol–water partition coefficient (Wildman–Crippen LogP) is 4.50. The molecule has 1 fully saturated rings. The number of hydrogen-bond donors (Lipinski definition) is 2. The van der Waals surface area contributed by atoms with Crippen LogP contribution in [0.25, 0.3) is 11.0 Å². The van der Waals surface area contributed by atoms with Crippen molar-refractivity contribution in [3.8, 4) is 0 Å². The van der Waals surface area contributed by atoms with Crippen LogP contribution in [0.5, 0.6) is 0 Å². The molecule has 4 rings (SSSR count). The lowest BCUT2D eigenvalue weighted by atomic mass is 10.1. The molecule has 1 aromatic carbocycles. The zero-order chi connectivity index (χ0) is 18.3. The van der Waals surface area contributed by atoms with E-state index in [9.17, 15) is 5.11 Å². The molecule has 1 saturated carbocycles. The monoisotopic (exact) mass is 389 g/mol. The molecule has 0 amide bonds. The van der Waals surface area contributed by atoms with Crippen molar-refractivity contribution < 1.29 is 5.11 Å². The normalized spacial score (nSPS) is 22.8. The van der Waals surface area contributed by atoms with Crippen LogP contribution in [0.15, 0.2) is 36.8 Å². The number of aliphatic hydroxyl groups is 1. The van der Waals surface area contributed by atoms with E-state index in [1.54, 1.807) is 12.4 Å². The highest BCUT2D eigenvalue weighted by Gasteiger charge is 2.31. The van der Waals surface area contributed by atoms with Crippen LogP contribution in [-0.2, 0) is 6.54 Å². The molecule has 135 valence electrons. The van der Waals surface area contributed by atoms with E-state index in [1.165, 1.54) is 0 Å². The first-order chi connectivity index (χ1) is 12.5. The molecule has 3 atom stereocenters. The quantitative estimate of drug-likeness (QED) is 0.689. The summed E-state index contributed by atoms with van der Waals surface area (Å²) in [5.74, 6) is 0.813. The van der Waals surface area contributed by atoms with Crippen LogP contribution >= 0.6 is 23.2 Å². The smallest absolute Gasteiger partial charge is 0.145 e. The maximum atomic E-state index is 10.0. The summed E-state index contributed by atoms with van der Waals surface area (Å²) in [5, 5.41) is 15.5. The van der Waals surface area contributed by atoms with Gasteiger partial charge in [-0.2, -0.15) is 0 Å². The van der Waals surface area contributed by atoms with Gasteiger partial charge in [0.05, 0.1) is 11.5 Å². The van der Waals surface area contributed by atoms with Gasteiger partial charge in [-0.05, 0) is 49.4 Å². The number of benzene rings is 1. The first-order valence-electron chi connectivity index (χ1n) is 8.53. The lowest BCUT2D eigenvalue weighted by Gasteiger charge is -2.13. The average Bonchev–Trinajstić information content (AvgIpc) is 3.18. The maximum Gasteiger partial charge on any atom is 0.145 e. The third kappa shape index (κ3) is 3.27. The highest BCUT2D eigenvalue weighted by Crippen LogP contribution is 2.37. The Kier molecular flexibility index (Phi) is 4.78. The molecule has 2 aromatic heterocycles. The number of rotatable bonds is 4. The first-order valence-corrected chi connectivity index (χ1v) is 9.29. The van der Waals surface area contributed by atoms with Gasteiger partial charge in [0.2, 0.25) is 0 Å². The molecule has 5 nitrogen and oxygen atoms in total. The van der Waals surface area contributed by atoms with Gasteiger partial charge in [-0.3, -0.25) is 0 Å². The Hall–Kier alpha value is -1.82. The van der Waals surface area contributed by atoms with Gasteiger partial charge in [0.1, 0.15) is 17.8 Å². The predicted molar refractivity (Wildman–Crippen MR) is 104 cm³/mol. The highest BCUT2D eigenvalue weighted by molar-refractivity contribution is 6.35. The number of nitrogens with one attached hydrogen (secondary N) is 1. The number of hydrogen-bond acceptors (Lipinski definition) is 4. The van der Waals surface area contributed by atoms with E-state index in [2.05, 4.69) is 26.8 Å². The molecule has 1 aliphatic carbocycles. The third-order valence-electron chi connectivity index (χ3n) is 5.00. The molecule has 0 spiro atoms. The fourth-order valence-electron chi connectivity index (χ4n) is 3.55. The van der Waals surface area contributed by atoms with Crippen LogP contribution in [0.3, 0.4) is 0 Å². The SMILES string of the molecule is [CH2][C@H]1C[C@@H](n2ccc3c(NCc4ccc(Cl)cc4Cl)ncnc32)C[C@@H]1O. The van der Waals surface area contributed by atoms with Crippen molar-refractivity contribution in [2.24, 2.45) is 5.92 Å². The molecule has 2 N–H and O–H groups in total. The Balaban J connectivity index is 1.59. The molecule has 0 unspecified atom stereocenters. The van der Waals surface area contributed by atoms with E-state index in [4.69, 9.17) is 23.2 Å². The van der Waals surface area contributed by atoms with Crippen molar-refractivity contribution in [1.82, 2.24) is 14.5 Å². The Bertz CT molecular complexity index is 932.